The third-order valence-corrected chi connectivity index (χ3v) is 4.71. The van der Waals surface area contributed by atoms with E-state index in [-0.39, 0.29) is 12.9 Å². The van der Waals surface area contributed by atoms with E-state index in [1.807, 2.05) is 0 Å². The van der Waals surface area contributed by atoms with Gasteiger partial charge in [-0.15, -0.1) is 0 Å². The molecule has 0 aliphatic heterocycles. The molecule has 33 heavy (non-hydrogen) atoms. The Morgan fingerprint density at radius 2 is 0.485 bits per heavy atom. The van der Waals surface area contributed by atoms with Crippen molar-refractivity contribution in [1.29, 1.82) is 0 Å². The maximum Gasteiger partial charge on any atom is -0.0533 e. The molecule has 0 atom stereocenters. The van der Waals surface area contributed by atoms with Crippen molar-refractivity contribution in [1.82, 2.24) is 0 Å². The minimum Gasteiger partial charge on any atom is -0.822 e. The maximum absolute atomic E-state index is 8.55. The molecule has 0 saturated carbocycles. The molecule has 0 spiro atoms. The number of unbranched alkanes of at least 4 members (excludes halogenated alkanes) is 18. The topological polar surface area (TPSA) is 204 Å². The standard InChI is InChI=1S/C21H44.CH4.2H3O4P.H2O/c1-3-5-7-9-11-13-15-17-19-21-20-18-16-14-12-10-8-6-4-2;;2*1-5(2,3)4;/h3-21H2,1-2H3;1H4;2*(H3,1,2,3,4);1H2/p-6. The highest BCUT2D eigenvalue weighted by atomic mass is 31.2. The minimum absolute atomic E-state index is 0. The van der Waals surface area contributed by atoms with Crippen LogP contribution in [0.2, 0.25) is 0 Å². The van der Waals surface area contributed by atoms with Crippen LogP contribution in [0.25, 0.3) is 0 Å². The number of hydrogen-bond donors (Lipinski definition) is 0. The summed E-state index contributed by atoms with van der Waals surface area (Å²) in [4.78, 5) is 51.3. The van der Waals surface area contributed by atoms with Crippen molar-refractivity contribution in [3.8, 4) is 0 Å². The quantitative estimate of drug-likeness (QED) is 0.193. The van der Waals surface area contributed by atoms with Crippen LogP contribution in [0.3, 0.4) is 0 Å². The lowest BCUT2D eigenvalue weighted by molar-refractivity contribution is -0.434. The molecule has 2 N–H and O–H groups in total. The van der Waals surface area contributed by atoms with Gasteiger partial charge < -0.3 is 44.0 Å². The smallest absolute Gasteiger partial charge is 0.0533 e. The third kappa shape index (κ3) is 88.7. The number of phosphoric acid groups is 2. The van der Waals surface area contributed by atoms with Crippen LogP contribution in [0, 0.1) is 0 Å². The third-order valence-electron chi connectivity index (χ3n) is 4.71. The van der Waals surface area contributed by atoms with Gasteiger partial charge in [-0.2, -0.15) is 15.6 Å². The molecule has 0 saturated heterocycles. The van der Waals surface area contributed by atoms with Gasteiger partial charge in [-0.1, -0.05) is 143 Å². The van der Waals surface area contributed by atoms with Crippen molar-refractivity contribution in [2.24, 2.45) is 0 Å². The summed E-state index contributed by atoms with van der Waals surface area (Å²) < 4.78 is 17.1. The van der Waals surface area contributed by atoms with E-state index in [9.17, 15) is 0 Å². The summed E-state index contributed by atoms with van der Waals surface area (Å²) in [7, 11) is -10.8. The van der Waals surface area contributed by atoms with Crippen molar-refractivity contribution in [2.75, 3.05) is 0 Å². The second kappa shape index (κ2) is 32.2. The molecule has 11 heteroatoms. The predicted octanol–water partition coefficient (Wildman–Crippen LogP) is 2.60. The normalized spacial score (nSPS) is 10.7. The zero-order chi connectivity index (χ0) is 24.4. The van der Waals surface area contributed by atoms with Gasteiger partial charge in [-0.25, -0.2) is 0 Å². The summed E-state index contributed by atoms with van der Waals surface area (Å²) >= 11 is 0. The molecule has 9 nitrogen and oxygen atoms in total. The van der Waals surface area contributed by atoms with Crippen molar-refractivity contribution in [3.05, 3.63) is 0 Å². The van der Waals surface area contributed by atoms with E-state index in [1.165, 1.54) is 122 Å². The van der Waals surface area contributed by atoms with E-state index in [1.54, 1.807) is 0 Å². The molecule has 0 rings (SSSR count). The van der Waals surface area contributed by atoms with Crippen LogP contribution in [0.4, 0.5) is 0 Å². The van der Waals surface area contributed by atoms with Gasteiger partial charge in [0.25, 0.3) is 0 Å². The second-order valence-corrected chi connectivity index (χ2v) is 9.69. The summed E-state index contributed by atoms with van der Waals surface area (Å²) in [6.45, 7) is 4.60. The fraction of sp³-hybridized carbons (Fsp3) is 1.00. The molecular formula is C22H50O9P2-6. The Morgan fingerprint density at radius 1 is 0.394 bits per heavy atom. The zero-order valence-corrected chi connectivity index (χ0v) is 21.9. The van der Waals surface area contributed by atoms with E-state index in [0.29, 0.717) is 0 Å². The molecule has 0 aromatic carbocycles. The van der Waals surface area contributed by atoms with Crippen molar-refractivity contribution in [3.63, 3.8) is 0 Å². The second-order valence-electron chi connectivity index (χ2n) is 7.90. The molecule has 0 heterocycles. The van der Waals surface area contributed by atoms with Gasteiger partial charge in [0, 0.05) is 0 Å². The van der Waals surface area contributed by atoms with Crippen LogP contribution >= 0.6 is 15.6 Å². The number of hydrogen-bond acceptors (Lipinski definition) is 8. The Morgan fingerprint density at radius 3 is 0.576 bits per heavy atom. The van der Waals surface area contributed by atoms with Crippen LogP contribution in [0.5, 0.6) is 0 Å². The van der Waals surface area contributed by atoms with E-state index in [4.69, 9.17) is 38.5 Å². The molecular weight excluding hydrogens is 470 g/mol. The number of rotatable bonds is 18. The molecule has 0 aromatic heterocycles. The van der Waals surface area contributed by atoms with Crippen LogP contribution in [-0.4, -0.2) is 5.48 Å². The highest BCUT2D eigenvalue weighted by Gasteiger charge is 1.94. The lowest BCUT2D eigenvalue weighted by Crippen LogP contribution is -2.24. The first-order valence-electron chi connectivity index (χ1n) is 11.9. The van der Waals surface area contributed by atoms with Gasteiger partial charge in [0.15, 0.2) is 0 Å². The van der Waals surface area contributed by atoms with Gasteiger partial charge in [0.2, 0.25) is 0 Å². The Balaban J connectivity index is -0.000000182. The van der Waals surface area contributed by atoms with Gasteiger partial charge in [0.05, 0.1) is 0 Å². The van der Waals surface area contributed by atoms with Crippen molar-refractivity contribution >= 4 is 15.6 Å². The zero-order valence-electron chi connectivity index (χ0n) is 20.1. The summed E-state index contributed by atoms with van der Waals surface area (Å²) in [6.07, 6.45) is 27.9. The van der Waals surface area contributed by atoms with Crippen LogP contribution in [-0.2, 0) is 9.13 Å². The Kier molecular flexibility index (Phi) is 42.2. The van der Waals surface area contributed by atoms with Crippen LogP contribution < -0.4 is 29.4 Å². The summed E-state index contributed by atoms with van der Waals surface area (Å²) in [5.41, 5.74) is 0. The molecule has 0 fully saturated rings. The first-order chi connectivity index (χ1) is 14.4. The molecule has 0 aliphatic carbocycles. The highest BCUT2D eigenvalue weighted by molar-refractivity contribution is 7.40. The highest BCUT2D eigenvalue weighted by Crippen LogP contribution is 2.14. The Hall–Kier alpha value is 0.180. The Labute approximate surface area is 203 Å². The fourth-order valence-corrected chi connectivity index (χ4v) is 3.15. The minimum atomic E-state index is -5.39. The Bertz CT molecular complexity index is 372. The van der Waals surface area contributed by atoms with Gasteiger partial charge >= 0.3 is 0 Å². The van der Waals surface area contributed by atoms with Crippen molar-refractivity contribution in [2.45, 2.75) is 143 Å². The van der Waals surface area contributed by atoms with E-state index in [0.717, 1.165) is 0 Å². The summed E-state index contributed by atoms with van der Waals surface area (Å²) in [5, 5.41) is 0. The molecule has 0 unspecified atom stereocenters. The van der Waals surface area contributed by atoms with E-state index in [2.05, 4.69) is 13.8 Å². The maximum atomic E-state index is 8.55. The first kappa shape index (κ1) is 43.3. The molecule has 0 aliphatic rings. The van der Waals surface area contributed by atoms with Gasteiger partial charge in [-0.3, -0.25) is 0 Å². The van der Waals surface area contributed by atoms with Gasteiger partial charge in [0.1, 0.15) is 0 Å². The van der Waals surface area contributed by atoms with E-state index >= 15 is 0 Å². The molecule has 0 amide bonds. The first-order valence-corrected chi connectivity index (χ1v) is 14.8. The molecule has 0 radical (unpaired) electrons. The van der Waals surface area contributed by atoms with E-state index < -0.39 is 15.6 Å². The molecule has 208 valence electrons. The van der Waals surface area contributed by atoms with Gasteiger partial charge in [-0.05, 0) is 0 Å². The summed E-state index contributed by atoms with van der Waals surface area (Å²) in [6, 6.07) is 0. The average molecular weight is 521 g/mol. The van der Waals surface area contributed by atoms with Crippen LogP contribution in [0.15, 0.2) is 0 Å². The molecule has 0 bridgehead atoms. The lowest BCUT2D eigenvalue weighted by atomic mass is 10.0. The van der Waals surface area contributed by atoms with Crippen molar-refractivity contribution < 1.29 is 44.0 Å². The average Bonchev–Trinajstić information content (AvgIpc) is 2.61. The fourth-order valence-electron chi connectivity index (χ4n) is 3.15. The predicted molar refractivity (Wildman–Crippen MR) is 125 cm³/mol. The SMILES string of the molecule is C.CCCCCCCCCCCCCCCCCCCCC.O.O=P([O-])([O-])[O-].O=P([O-])([O-])[O-]. The summed E-state index contributed by atoms with van der Waals surface area (Å²) in [5.74, 6) is 0. The molecule has 0 aromatic rings. The monoisotopic (exact) mass is 520 g/mol. The largest absolute Gasteiger partial charge is 0.822 e. The van der Waals surface area contributed by atoms with Crippen LogP contribution in [0.1, 0.15) is 143 Å². The lowest BCUT2D eigenvalue weighted by Gasteiger charge is -2.36.